The highest BCUT2D eigenvalue weighted by molar-refractivity contribution is 6.26. The van der Waals surface area contributed by atoms with Gasteiger partial charge in [0.15, 0.2) is 5.82 Å². The Morgan fingerprint density at radius 3 is 1.51 bits per heavy atom. The molecular formula is C63H38N4. The molecule has 67 heavy (non-hydrogen) atoms. The third-order valence-electron chi connectivity index (χ3n) is 13.7. The number of pyridine rings is 1. The third kappa shape index (κ3) is 5.90. The average Bonchev–Trinajstić information content (AvgIpc) is 3.72. The highest BCUT2D eigenvalue weighted by Gasteiger charge is 2.19. The van der Waals surface area contributed by atoms with Gasteiger partial charge in [0.25, 0.3) is 0 Å². The van der Waals surface area contributed by atoms with Crippen LogP contribution < -0.4 is 0 Å². The Kier molecular flexibility index (Phi) is 8.25. The number of para-hydroxylation sites is 2. The Morgan fingerprint density at radius 2 is 0.761 bits per heavy atom. The van der Waals surface area contributed by atoms with Gasteiger partial charge in [-0.1, -0.05) is 176 Å². The molecule has 0 bridgehead atoms. The van der Waals surface area contributed by atoms with Gasteiger partial charge in [0.2, 0.25) is 0 Å². The summed E-state index contributed by atoms with van der Waals surface area (Å²) in [5.74, 6) is 0.694. The van der Waals surface area contributed by atoms with E-state index in [0.29, 0.717) is 5.82 Å². The first-order chi connectivity index (χ1) is 33.2. The molecule has 14 rings (SSSR count). The van der Waals surface area contributed by atoms with Crippen LogP contribution in [-0.2, 0) is 0 Å². The van der Waals surface area contributed by atoms with Crippen molar-refractivity contribution in [3.8, 4) is 50.7 Å². The fourth-order valence-electron chi connectivity index (χ4n) is 10.6. The number of benzene rings is 11. The van der Waals surface area contributed by atoms with Crippen molar-refractivity contribution in [1.29, 1.82) is 0 Å². The van der Waals surface area contributed by atoms with E-state index in [1.807, 2.05) is 0 Å². The van der Waals surface area contributed by atoms with E-state index in [1.165, 1.54) is 43.1 Å². The summed E-state index contributed by atoms with van der Waals surface area (Å²) in [5.41, 5.74) is 12.6. The average molecular weight is 851 g/mol. The molecule has 14 aromatic rings. The van der Waals surface area contributed by atoms with Crippen LogP contribution in [0.25, 0.3) is 137 Å². The van der Waals surface area contributed by atoms with Crippen LogP contribution in [0.4, 0.5) is 0 Å². The normalized spacial score (nSPS) is 11.9. The molecule has 310 valence electrons. The van der Waals surface area contributed by atoms with Crippen LogP contribution >= 0.6 is 0 Å². The lowest BCUT2D eigenvalue weighted by Crippen LogP contribution is -1.96. The van der Waals surface area contributed by atoms with Crippen LogP contribution in [0.3, 0.4) is 0 Å². The molecule has 0 spiro atoms. The second-order valence-electron chi connectivity index (χ2n) is 17.5. The third-order valence-corrected chi connectivity index (χ3v) is 13.7. The van der Waals surface area contributed by atoms with Gasteiger partial charge in [-0.25, -0.2) is 15.0 Å². The van der Waals surface area contributed by atoms with E-state index in [4.69, 9.17) is 15.0 Å². The minimum atomic E-state index is 0.694. The maximum atomic E-state index is 5.41. The van der Waals surface area contributed by atoms with Crippen molar-refractivity contribution >= 4 is 86.7 Å². The number of hydrogen-bond donors (Lipinski definition) is 0. The topological polar surface area (TPSA) is 43.6 Å². The van der Waals surface area contributed by atoms with Gasteiger partial charge in [-0.2, -0.15) is 0 Å². The lowest BCUT2D eigenvalue weighted by atomic mass is 9.92. The molecule has 4 nitrogen and oxygen atoms in total. The van der Waals surface area contributed by atoms with E-state index < -0.39 is 0 Å². The molecule has 0 atom stereocenters. The van der Waals surface area contributed by atoms with Gasteiger partial charge >= 0.3 is 0 Å². The molecule has 0 N–H and O–H groups in total. The number of fused-ring (bicyclic) bond motifs is 13. The molecule has 0 saturated carbocycles. The molecule has 0 radical (unpaired) electrons. The standard InChI is InChI=1S/C63H38N4/c1-3-16-39(17-4-1)61-51-27-12-11-26-49(51)54-38-60-56(37-58(54)64-61)55-35-41(31-33-59(55)67(60)44-20-5-2-6-21-44)40-18-15-19-43(34-40)63-65-57-29-14-13-28-52(57)62(66-63)42-30-32-50-47-24-8-7-22-45(47)46-23-9-10-25-48(46)53(50)36-42/h1-38H. The molecule has 11 aromatic carbocycles. The first-order valence-electron chi connectivity index (χ1n) is 22.8. The maximum Gasteiger partial charge on any atom is 0.160 e. The van der Waals surface area contributed by atoms with Crippen molar-refractivity contribution in [3.05, 3.63) is 231 Å². The van der Waals surface area contributed by atoms with E-state index in [0.717, 1.165) is 88.5 Å². The largest absolute Gasteiger partial charge is 0.309 e. The second-order valence-corrected chi connectivity index (χ2v) is 17.5. The fourth-order valence-corrected chi connectivity index (χ4v) is 10.6. The summed E-state index contributed by atoms with van der Waals surface area (Å²) in [6, 6.07) is 82.7. The zero-order valence-corrected chi connectivity index (χ0v) is 36.2. The minimum Gasteiger partial charge on any atom is -0.309 e. The van der Waals surface area contributed by atoms with Gasteiger partial charge in [0.1, 0.15) is 0 Å². The van der Waals surface area contributed by atoms with Gasteiger partial charge in [0.05, 0.1) is 33.5 Å². The monoisotopic (exact) mass is 850 g/mol. The SMILES string of the molecule is c1ccc(-c2nc3cc4c5cc(-c6cccc(-c7nc(-c8ccc9c%10ccccc%10c%10ccccc%10c9c8)c8ccccc8n7)c6)ccc5n(-c5ccccc5)c4cc3c3ccccc23)cc1. The highest BCUT2D eigenvalue weighted by atomic mass is 15.0. The van der Waals surface area contributed by atoms with Crippen LogP contribution in [0.2, 0.25) is 0 Å². The first-order valence-corrected chi connectivity index (χ1v) is 22.8. The molecule has 4 heteroatoms. The number of hydrogen-bond acceptors (Lipinski definition) is 3. The van der Waals surface area contributed by atoms with Gasteiger partial charge in [0, 0.05) is 49.3 Å². The number of nitrogens with zero attached hydrogens (tertiary/aromatic N) is 4. The van der Waals surface area contributed by atoms with Gasteiger partial charge in [-0.15, -0.1) is 0 Å². The Balaban J connectivity index is 0.940. The van der Waals surface area contributed by atoms with Gasteiger partial charge in [-0.3, -0.25) is 0 Å². The summed E-state index contributed by atoms with van der Waals surface area (Å²) in [7, 11) is 0. The van der Waals surface area contributed by atoms with Crippen LogP contribution in [0, 0.1) is 0 Å². The summed E-state index contributed by atoms with van der Waals surface area (Å²) in [4.78, 5) is 16.0. The van der Waals surface area contributed by atoms with E-state index in [9.17, 15) is 0 Å². The van der Waals surface area contributed by atoms with Crippen molar-refractivity contribution in [2.45, 2.75) is 0 Å². The fraction of sp³-hybridized carbons (Fsp3) is 0. The zero-order valence-electron chi connectivity index (χ0n) is 36.2. The van der Waals surface area contributed by atoms with Crippen molar-refractivity contribution in [1.82, 2.24) is 19.5 Å². The van der Waals surface area contributed by atoms with Crippen LogP contribution in [0.5, 0.6) is 0 Å². The number of aromatic nitrogens is 4. The molecule has 3 heterocycles. The van der Waals surface area contributed by atoms with Crippen LogP contribution in [-0.4, -0.2) is 19.5 Å². The van der Waals surface area contributed by atoms with Crippen molar-refractivity contribution in [3.63, 3.8) is 0 Å². The van der Waals surface area contributed by atoms with E-state index in [-0.39, 0.29) is 0 Å². The van der Waals surface area contributed by atoms with Gasteiger partial charge in [-0.05, 0) is 103 Å². The summed E-state index contributed by atoms with van der Waals surface area (Å²) >= 11 is 0. The lowest BCUT2D eigenvalue weighted by molar-refractivity contribution is 1.18. The van der Waals surface area contributed by atoms with E-state index in [1.54, 1.807) is 0 Å². The minimum absolute atomic E-state index is 0.694. The predicted molar refractivity (Wildman–Crippen MR) is 281 cm³/mol. The molecule has 0 aliphatic heterocycles. The van der Waals surface area contributed by atoms with Crippen LogP contribution in [0.15, 0.2) is 231 Å². The summed E-state index contributed by atoms with van der Waals surface area (Å²) in [5, 5.41) is 14.3. The Bertz CT molecular complexity index is 4290. The Hall–Kier alpha value is -8.99. The molecular weight excluding hydrogens is 813 g/mol. The molecule has 0 unspecified atom stereocenters. The maximum absolute atomic E-state index is 5.41. The summed E-state index contributed by atoms with van der Waals surface area (Å²) in [6.45, 7) is 0. The van der Waals surface area contributed by atoms with Crippen LogP contribution in [0.1, 0.15) is 0 Å². The van der Waals surface area contributed by atoms with Gasteiger partial charge < -0.3 is 4.57 Å². The smallest absolute Gasteiger partial charge is 0.160 e. The van der Waals surface area contributed by atoms with Crippen molar-refractivity contribution in [2.24, 2.45) is 0 Å². The number of rotatable bonds is 5. The van der Waals surface area contributed by atoms with E-state index in [2.05, 4.69) is 235 Å². The van der Waals surface area contributed by atoms with Crippen molar-refractivity contribution in [2.75, 3.05) is 0 Å². The molecule has 3 aromatic heterocycles. The first kappa shape index (κ1) is 37.4. The molecule has 0 aliphatic rings. The second kappa shape index (κ2) is 14.8. The summed E-state index contributed by atoms with van der Waals surface area (Å²) in [6.07, 6.45) is 0. The molecule has 0 saturated heterocycles. The molecule has 0 amide bonds. The van der Waals surface area contributed by atoms with Crippen molar-refractivity contribution < 1.29 is 0 Å². The lowest BCUT2D eigenvalue weighted by Gasteiger charge is -2.14. The summed E-state index contributed by atoms with van der Waals surface area (Å²) < 4.78 is 2.40. The quantitative estimate of drug-likeness (QED) is 0.162. The zero-order chi connectivity index (χ0) is 44.0. The van der Waals surface area contributed by atoms with E-state index >= 15 is 0 Å². The molecule has 0 aliphatic carbocycles. The Labute approximate surface area is 385 Å². The highest BCUT2D eigenvalue weighted by Crippen LogP contribution is 2.42. The Morgan fingerprint density at radius 1 is 0.239 bits per heavy atom. The predicted octanol–water partition coefficient (Wildman–Crippen LogP) is 16.6. The molecule has 0 fully saturated rings.